The molecule has 0 saturated carbocycles. The molecule has 1 nitrogen and oxygen atoms in total. The molecule has 0 atom stereocenters. The molecule has 0 fully saturated rings. The van der Waals surface area contributed by atoms with Gasteiger partial charge in [-0.25, -0.2) is 4.39 Å². The molecule has 0 amide bonds. The van der Waals surface area contributed by atoms with Gasteiger partial charge in [-0.3, -0.25) is 0 Å². The smallest absolute Gasteiger partial charge is 0.127 e. The van der Waals surface area contributed by atoms with E-state index in [-0.39, 0.29) is 11.2 Å². The van der Waals surface area contributed by atoms with Gasteiger partial charge in [-0.1, -0.05) is 50.7 Å². The van der Waals surface area contributed by atoms with Crippen LogP contribution in [-0.2, 0) is 11.8 Å². The zero-order chi connectivity index (χ0) is 15.5. The van der Waals surface area contributed by atoms with Gasteiger partial charge in [0.2, 0.25) is 0 Å². The highest BCUT2D eigenvalue weighted by molar-refractivity contribution is 7.99. The highest BCUT2D eigenvalue weighted by atomic mass is 32.2. The third-order valence-electron chi connectivity index (χ3n) is 3.42. The Kier molecular flexibility index (Phi) is 5.07. The maximum absolute atomic E-state index is 13.9. The predicted molar refractivity (Wildman–Crippen MR) is 88.4 cm³/mol. The van der Waals surface area contributed by atoms with Crippen LogP contribution >= 0.6 is 11.8 Å². The zero-order valence-electron chi connectivity index (χ0n) is 12.8. The second-order valence-corrected chi connectivity index (χ2v) is 7.25. The van der Waals surface area contributed by atoms with Gasteiger partial charge in [-0.05, 0) is 48.2 Å². The highest BCUT2D eigenvalue weighted by Gasteiger charge is 2.14. The normalized spacial score (nSPS) is 11.7. The monoisotopic (exact) mass is 303 g/mol. The highest BCUT2D eigenvalue weighted by Crippen LogP contribution is 2.33. The predicted octanol–water partition coefficient (Wildman–Crippen LogP) is 4.78. The first-order chi connectivity index (χ1) is 9.91. The Balaban J connectivity index is 2.24. The number of hydrogen-bond donors (Lipinski definition) is 1. The molecule has 0 saturated heterocycles. The summed E-state index contributed by atoms with van der Waals surface area (Å²) in [6.07, 6.45) is 0.565. The second kappa shape index (κ2) is 6.63. The van der Waals surface area contributed by atoms with Crippen LogP contribution in [0.3, 0.4) is 0 Å². The van der Waals surface area contributed by atoms with Gasteiger partial charge in [0.25, 0.3) is 0 Å². The van der Waals surface area contributed by atoms with Crippen LogP contribution in [-0.4, -0.2) is 6.54 Å². The van der Waals surface area contributed by atoms with Gasteiger partial charge in [-0.2, -0.15) is 0 Å². The van der Waals surface area contributed by atoms with E-state index in [9.17, 15) is 4.39 Å². The van der Waals surface area contributed by atoms with Crippen molar-refractivity contribution in [1.29, 1.82) is 0 Å². The van der Waals surface area contributed by atoms with Crippen molar-refractivity contribution in [2.45, 2.75) is 42.4 Å². The largest absolute Gasteiger partial charge is 0.330 e. The van der Waals surface area contributed by atoms with Crippen LogP contribution in [0.5, 0.6) is 0 Å². The van der Waals surface area contributed by atoms with E-state index in [4.69, 9.17) is 5.73 Å². The van der Waals surface area contributed by atoms with Gasteiger partial charge in [0.05, 0.1) is 0 Å². The van der Waals surface area contributed by atoms with Crippen LogP contribution in [0.25, 0.3) is 0 Å². The SMILES string of the molecule is CC(C)(C)c1ccc(Sc2cccc(F)c2CCN)cc1. The number of benzene rings is 2. The van der Waals surface area contributed by atoms with Gasteiger partial charge in [-0.15, -0.1) is 0 Å². The van der Waals surface area contributed by atoms with Crippen molar-refractivity contribution in [3.05, 3.63) is 59.4 Å². The summed E-state index contributed by atoms with van der Waals surface area (Å²) in [5.41, 5.74) is 7.74. The van der Waals surface area contributed by atoms with Crippen LogP contribution in [0, 0.1) is 5.82 Å². The van der Waals surface area contributed by atoms with Crippen LogP contribution in [0.15, 0.2) is 52.3 Å². The lowest BCUT2D eigenvalue weighted by molar-refractivity contribution is 0.590. The molecule has 0 unspecified atom stereocenters. The molecule has 0 bridgehead atoms. The third-order valence-corrected chi connectivity index (χ3v) is 4.53. The summed E-state index contributed by atoms with van der Waals surface area (Å²) in [5.74, 6) is -0.170. The lowest BCUT2D eigenvalue weighted by atomic mass is 9.87. The summed E-state index contributed by atoms with van der Waals surface area (Å²) in [6.45, 7) is 7.04. The molecule has 0 aromatic heterocycles. The Hall–Kier alpha value is -1.32. The fourth-order valence-electron chi connectivity index (χ4n) is 2.17. The van der Waals surface area contributed by atoms with Crippen molar-refractivity contribution < 1.29 is 4.39 Å². The topological polar surface area (TPSA) is 26.0 Å². The molecule has 0 aliphatic rings. The maximum Gasteiger partial charge on any atom is 0.127 e. The number of hydrogen-bond acceptors (Lipinski definition) is 2. The summed E-state index contributed by atoms with van der Waals surface area (Å²) < 4.78 is 13.9. The second-order valence-electron chi connectivity index (χ2n) is 6.13. The van der Waals surface area contributed by atoms with Crippen LogP contribution in [0.2, 0.25) is 0 Å². The molecule has 0 spiro atoms. The van der Waals surface area contributed by atoms with Crippen LogP contribution < -0.4 is 5.73 Å². The summed E-state index contributed by atoms with van der Waals surface area (Å²) in [6, 6.07) is 13.7. The average molecular weight is 303 g/mol. The number of nitrogens with two attached hydrogens (primary N) is 1. The fraction of sp³-hybridized carbons (Fsp3) is 0.333. The Bertz CT molecular complexity index is 600. The van der Waals surface area contributed by atoms with Crippen LogP contribution in [0.4, 0.5) is 4.39 Å². The molecular formula is C18H22FNS. The molecule has 2 N–H and O–H groups in total. The molecule has 21 heavy (non-hydrogen) atoms. The number of rotatable bonds is 4. The van der Waals surface area contributed by atoms with E-state index < -0.39 is 0 Å². The fourth-order valence-corrected chi connectivity index (χ4v) is 3.17. The van der Waals surface area contributed by atoms with E-state index in [1.165, 1.54) is 11.6 Å². The quantitative estimate of drug-likeness (QED) is 0.880. The first kappa shape index (κ1) is 16.1. The summed E-state index contributed by atoms with van der Waals surface area (Å²) in [5, 5.41) is 0. The van der Waals surface area contributed by atoms with Crippen LogP contribution in [0.1, 0.15) is 31.9 Å². The molecule has 2 aromatic carbocycles. The molecule has 0 radical (unpaired) electrons. The van der Waals surface area contributed by atoms with Gasteiger partial charge in [0.1, 0.15) is 5.82 Å². The lowest BCUT2D eigenvalue weighted by Crippen LogP contribution is -2.10. The van der Waals surface area contributed by atoms with E-state index in [0.29, 0.717) is 18.5 Å². The standard InChI is InChI=1S/C18H22FNS/c1-18(2,3)13-7-9-14(10-8-13)21-17-6-4-5-16(19)15(17)11-12-20/h4-10H,11-12,20H2,1-3H3. The van der Waals surface area contributed by atoms with Gasteiger partial charge >= 0.3 is 0 Å². The van der Waals surface area contributed by atoms with Crippen molar-refractivity contribution in [2.75, 3.05) is 6.54 Å². The van der Waals surface area contributed by atoms with Gasteiger partial charge in [0.15, 0.2) is 0 Å². The molecule has 2 rings (SSSR count). The van der Waals surface area contributed by atoms with Crippen molar-refractivity contribution in [3.63, 3.8) is 0 Å². The first-order valence-corrected chi connectivity index (χ1v) is 7.99. The summed E-state index contributed by atoms with van der Waals surface area (Å²) in [4.78, 5) is 2.07. The Morgan fingerprint density at radius 1 is 1.05 bits per heavy atom. The van der Waals surface area contributed by atoms with Crippen molar-refractivity contribution in [3.8, 4) is 0 Å². The van der Waals surface area contributed by atoms with Gasteiger partial charge in [0, 0.05) is 15.4 Å². The Morgan fingerprint density at radius 2 is 1.71 bits per heavy atom. The average Bonchev–Trinajstić information content (AvgIpc) is 2.42. The molecule has 3 heteroatoms. The van der Waals surface area contributed by atoms with Crippen molar-refractivity contribution >= 4 is 11.8 Å². The first-order valence-electron chi connectivity index (χ1n) is 7.17. The zero-order valence-corrected chi connectivity index (χ0v) is 13.6. The summed E-state index contributed by atoms with van der Waals surface area (Å²) in [7, 11) is 0. The Morgan fingerprint density at radius 3 is 2.29 bits per heavy atom. The molecule has 0 aliphatic heterocycles. The van der Waals surface area contributed by atoms with E-state index >= 15 is 0 Å². The maximum atomic E-state index is 13.9. The molecular weight excluding hydrogens is 281 g/mol. The van der Waals surface area contributed by atoms with E-state index in [0.717, 1.165) is 9.79 Å². The minimum Gasteiger partial charge on any atom is -0.330 e. The summed E-state index contributed by atoms with van der Waals surface area (Å²) >= 11 is 1.59. The van der Waals surface area contributed by atoms with Crippen molar-refractivity contribution in [2.24, 2.45) is 5.73 Å². The van der Waals surface area contributed by atoms with Gasteiger partial charge < -0.3 is 5.73 Å². The molecule has 0 heterocycles. The lowest BCUT2D eigenvalue weighted by Gasteiger charge is -2.19. The number of halogens is 1. The Labute approximate surface area is 130 Å². The van der Waals surface area contributed by atoms with E-state index in [1.807, 2.05) is 6.07 Å². The van der Waals surface area contributed by atoms with E-state index in [1.54, 1.807) is 17.8 Å². The third kappa shape index (κ3) is 4.08. The minimum absolute atomic E-state index is 0.146. The van der Waals surface area contributed by atoms with Crippen molar-refractivity contribution in [1.82, 2.24) is 0 Å². The van der Waals surface area contributed by atoms with E-state index in [2.05, 4.69) is 45.0 Å². The molecule has 2 aromatic rings. The molecule has 0 aliphatic carbocycles. The minimum atomic E-state index is -0.170. The molecule has 112 valence electrons.